The Hall–Kier alpha value is 0.310. The molecule has 0 aromatic heterocycles. The van der Waals surface area contributed by atoms with Crippen molar-refractivity contribution in [1.82, 2.24) is 0 Å². The summed E-state index contributed by atoms with van der Waals surface area (Å²) < 4.78 is 5.95. The number of rotatable bonds is 6. The number of unbranched alkanes of at least 4 members (excludes halogenated alkanes) is 1. The van der Waals surface area contributed by atoms with Crippen molar-refractivity contribution in [1.29, 1.82) is 0 Å². The molecule has 1 aliphatic rings. The molecule has 14 heavy (non-hydrogen) atoms. The van der Waals surface area contributed by atoms with Crippen LogP contribution in [0, 0.1) is 5.92 Å². The third kappa shape index (κ3) is 4.22. The number of ether oxygens (including phenoxy) is 1. The van der Waals surface area contributed by atoms with Gasteiger partial charge in [-0.15, -0.1) is 0 Å². The Kier molecular flexibility index (Phi) is 6.70. The van der Waals surface area contributed by atoms with Gasteiger partial charge in [-0.05, 0) is 37.4 Å². The summed E-state index contributed by atoms with van der Waals surface area (Å²) in [5, 5.41) is 0. The van der Waals surface area contributed by atoms with Crippen LogP contribution in [0.4, 0.5) is 0 Å². The van der Waals surface area contributed by atoms with Gasteiger partial charge in [0.05, 0.1) is 6.10 Å². The first-order valence-corrected chi connectivity index (χ1v) is 6.74. The quantitative estimate of drug-likeness (QED) is 0.526. The van der Waals surface area contributed by atoms with Gasteiger partial charge in [0.1, 0.15) is 0 Å². The average molecular weight is 216 g/mol. The molecule has 2 heteroatoms. The molecule has 1 saturated carbocycles. The molecule has 1 nitrogen and oxygen atoms in total. The molecule has 84 valence electrons. The van der Waals surface area contributed by atoms with E-state index in [-0.39, 0.29) is 0 Å². The SMILES string of the molecule is CCC1CCCCC1OCCCCS. The molecule has 0 aromatic carbocycles. The first-order chi connectivity index (χ1) is 6.88. The molecule has 0 heterocycles. The molecular formula is C12H24OS. The molecule has 0 radical (unpaired) electrons. The van der Waals surface area contributed by atoms with Crippen LogP contribution in [-0.2, 0) is 4.74 Å². The number of hydrogen-bond acceptors (Lipinski definition) is 2. The van der Waals surface area contributed by atoms with Gasteiger partial charge in [0.2, 0.25) is 0 Å². The summed E-state index contributed by atoms with van der Waals surface area (Å²) in [6, 6.07) is 0. The van der Waals surface area contributed by atoms with Crippen molar-refractivity contribution in [2.75, 3.05) is 12.4 Å². The van der Waals surface area contributed by atoms with E-state index in [1.807, 2.05) is 0 Å². The van der Waals surface area contributed by atoms with Gasteiger partial charge >= 0.3 is 0 Å². The highest BCUT2D eigenvalue weighted by Gasteiger charge is 2.23. The molecular weight excluding hydrogens is 192 g/mol. The first kappa shape index (κ1) is 12.4. The molecule has 1 fully saturated rings. The molecule has 1 aliphatic carbocycles. The van der Waals surface area contributed by atoms with Crippen LogP contribution in [0.15, 0.2) is 0 Å². The lowest BCUT2D eigenvalue weighted by molar-refractivity contribution is -0.0129. The van der Waals surface area contributed by atoms with Crippen LogP contribution in [0.3, 0.4) is 0 Å². The van der Waals surface area contributed by atoms with Gasteiger partial charge in [-0.3, -0.25) is 0 Å². The Balaban J connectivity index is 2.13. The van der Waals surface area contributed by atoms with Gasteiger partial charge in [0.15, 0.2) is 0 Å². The molecule has 2 atom stereocenters. The van der Waals surface area contributed by atoms with Crippen molar-refractivity contribution in [3.05, 3.63) is 0 Å². The van der Waals surface area contributed by atoms with Crippen LogP contribution < -0.4 is 0 Å². The maximum absolute atomic E-state index is 5.95. The molecule has 0 saturated heterocycles. The monoisotopic (exact) mass is 216 g/mol. The van der Waals surface area contributed by atoms with E-state index < -0.39 is 0 Å². The molecule has 0 amide bonds. The third-order valence-electron chi connectivity index (χ3n) is 3.25. The summed E-state index contributed by atoms with van der Waals surface area (Å²) in [4.78, 5) is 0. The van der Waals surface area contributed by atoms with Crippen LogP contribution in [0.25, 0.3) is 0 Å². The van der Waals surface area contributed by atoms with Crippen LogP contribution in [0.1, 0.15) is 51.9 Å². The molecule has 2 unspecified atom stereocenters. The lowest BCUT2D eigenvalue weighted by atomic mass is 9.85. The molecule has 0 aromatic rings. The maximum Gasteiger partial charge on any atom is 0.0603 e. The van der Waals surface area contributed by atoms with E-state index in [9.17, 15) is 0 Å². The molecule has 0 spiro atoms. The molecule has 0 bridgehead atoms. The van der Waals surface area contributed by atoms with Crippen molar-refractivity contribution in [2.45, 2.75) is 58.0 Å². The fourth-order valence-electron chi connectivity index (χ4n) is 2.31. The van der Waals surface area contributed by atoms with Crippen molar-refractivity contribution in [3.8, 4) is 0 Å². The van der Waals surface area contributed by atoms with Crippen molar-refractivity contribution in [2.24, 2.45) is 5.92 Å². The molecule has 0 N–H and O–H groups in total. The summed E-state index contributed by atoms with van der Waals surface area (Å²) in [7, 11) is 0. The Morgan fingerprint density at radius 1 is 1.21 bits per heavy atom. The standard InChI is InChI=1S/C12H24OS/c1-2-11-7-3-4-8-12(11)13-9-5-6-10-14/h11-12,14H,2-10H2,1H3. The van der Waals surface area contributed by atoms with E-state index in [1.54, 1.807) is 0 Å². The van der Waals surface area contributed by atoms with Crippen molar-refractivity contribution in [3.63, 3.8) is 0 Å². The fourth-order valence-corrected chi connectivity index (χ4v) is 2.53. The van der Waals surface area contributed by atoms with Crippen LogP contribution in [0.2, 0.25) is 0 Å². The highest BCUT2D eigenvalue weighted by molar-refractivity contribution is 7.80. The summed E-state index contributed by atoms with van der Waals surface area (Å²) in [5.41, 5.74) is 0. The smallest absolute Gasteiger partial charge is 0.0603 e. The lowest BCUT2D eigenvalue weighted by Crippen LogP contribution is -2.27. The summed E-state index contributed by atoms with van der Waals surface area (Å²) >= 11 is 4.20. The third-order valence-corrected chi connectivity index (χ3v) is 3.56. The first-order valence-electron chi connectivity index (χ1n) is 6.11. The largest absolute Gasteiger partial charge is 0.378 e. The van der Waals surface area contributed by atoms with Crippen LogP contribution in [0.5, 0.6) is 0 Å². The van der Waals surface area contributed by atoms with Gasteiger partial charge in [-0.1, -0.05) is 26.2 Å². The van der Waals surface area contributed by atoms with Gasteiger partial charge in [0, 0.05) is 6.61 Å². The van der Waals surface area contributed by atoms with E-state index in [2.05, 4.69) is 19.6 Å². The Morgan fingerprint density at radius 2 is 2.00 bits per heavy atom. The zero-order chi connectivity index (χ0) is 10.2. The highest BCUT2D eigenvalue weighted by Crippen LogP contribution is 2.29. The second-order valence-corrected chi connectivity index (χ2v) is 4.74. The van der Waals surface area contributed by atoms with E-state index >= 15 is 0 Å². The minimum Gasteiger partial charge on any atom is -0.378 e. The Morgan fingerprint density at radius 3 is 2.71 bits per heavy atom. The molecule has 1 rings (SSSR count). The normalized spacial score (nSPS) is 27.9. The van der Waals surface area contributed by atoms with Gasteiger partial charge < -0.3 is 4.74 Å². The van der Waals surface area contributed by atoms with E-state index in [0.29, 0.717) is 6.10 Å². The van der Waals surface area contributed by atoms with Crippen LogP contribution in [-0.4, -0.2) is 18.5 Å². The van der Waals surface area contributed by atoms with Gasteiger partial charge in [-0.25, -0.2) is 0 Å². The summed E-state index contributed by atoms with van der Waals surface area (Å²) in [5.74, 6) is 1.82. The highest BCUT2D eigenvalue weighted by atomic mass is 32.1. The minimum absolute atomic E-state index is 0.564. The maximum atomic E-state index is 5.95. The van der Waals surface area contributed by atoms with Gasteiger partial charge in [-0.2, -0.15) is 12.6 Å². The minimum atomic E-state index is 0.564. The number of hydrogen-bond donors (Lipinski definition) is 1. The Bertz CT molecular complexity index is 138. The summed E-state index contributed by atoms with van der Waals surface area (Å²) in [6.07, 6.45) is 9.67. The number of thiol groups is 1. The zero-order valence-electron chi connectivity index (χ0n) is 9.37. The predicted molar refractivity (Wildman–Crippen MR) is 65.1 cm³/mol. The lowest BCUT2D eigenvalue weighted by Gasteiger charge is -2.30. The van der Waals surface area contributed by atoms with E-state index in [4.69, 9.17) is 4.74 Å². The fraction of sp³-hybridized carbons (Fsp3) is 1.00. The van der Waals surface area contributed by atoms with E-state index in [1.165, 1.54) is 44.9 Å². The van der Waals surface area contributed by atoms with Crippen molar-refractivity contribution >= 4 is 12.6 Å². The molecule has 0 aliphatic heterocycles. The topological polar surface area (TPSA) is 9.23 Å². The van der Waals surface area contributed by atoms with Crippen LogP contribution >= 0.6 is 12.6 Å². The summed E-state index contributed by atoms with van der Waals surface area (Å²) in [6.45, 7) is 3.24. The Labute approximate surface area is 94.0 Å². The zero-order valence-corrected chi connectivity index (χ0v) is 10.3. The predicted octanol–water partition coefficient (Wildman–Crippen LogP) is 3.68. The second-order valence-electron chi connectivity index (χ2n) is 4.29. The average Bonchev–Trinajstić information content (AvgIpc) is 2.25. The second kappa shape index (κ2) is 7.58. The van der Waals surface area contributed by atoms with Crippen molar-refractivity contribution < 1.29 is 4.74 Å². The van der Waals surface area contributed by atoms with E-state index in [0.717, 1.165) is 18.3 Å². The van der Waals surface area contributed by atoms with Gasteiger partial charge in [0.25, 0.3) is 0 Å².